The maximum Gasteiger partial charge on any atom is 0.119 e. The van der Waals surface area contributed by atoms with Crippen LogP contribution in [0, 0.1) is 11.8 Å². The highest BCUT2D eigenvalue weighted by Gasteiger charge is 2.44. The Bertz CT molecular complexity index is 323. The SMILES string of the molecule is COc1ccc(N2C[C@H]3C[C@H]3C2)cc1. The van der Waals surface area contributed by atoms with Crippen molar-refractivity contribution in [3.63, 3.8) is 0 Å². The molecule has 74 valence electrons. The number of ether oxygens (including phenoxy) is 1. The van der Waals surface area contributed by atoms with Gasteiger partial charge in [-0.3, -0.25) is 0 Å². The normalized spacial score (nSPS) is 28.8. The lowest BCUT2D eigenvalue weighted by atomic mass is 10.2. The lowest BCUT2D eigenvalue weighted by Gasteiger charge is -2.20. The lowest BCUT2D eigenvalue weighted by molar-refractivity contribution is 0.415. The van der Waals surface area contributed by atoms with Crippen molar-refractivity contribution in [1.29, 1.82) is 0 Å². The van der Waals surface area contributed by atoms with Gasteiger partial charge in [-0.15, -0.1) is 0 Å². The van der Waals surface area contributed by atoms with Gasteiger partial charge >= 0.3 is 0 Å². The van der Waals surface area contributed by atoms with Crippen molar-refractivity contribution in [2.24, 2.45) is 11.8 Å². The Morgan fingerprint density at radius 1 is 1.14 bits per heavy atom. The minimum absolute atomic E-state index is 0.943. The largest absolute Gasteiger partial charge is 0.497 e. The summed E-state index contributed by atoms with van der Waals surface area (Å²) in [5.74, 6) is 2.94. The minimum Gasteiger partial charge on any atom is -0.497 e. The van der Waals surface area contributed by atoms with E-state index in [0.717, 1.165) is 17.6 Å². The highest BCUT2D eigenvalue weighted by molar-refractivity contribution is 5.50. The summed E-state index contributed by atoms with van der Waals surface area (Å²) in [6.45, 7) is 2.52. The second-order valence-corrected chi connectivity index (χ2v) is 4.36. The van der Waals surface area contributed by atoms with E-state index in [1.165, 1.54) is 25.2 Å². The number of fused-ring (bicyclic) bond motifs is 1. The number of methoxy groups -OCH3 is 1. The highest BCUT2D eigenvalue weighted by atomic mass is 16.5. The summed E-state index contributed by atoms with van der Waals surface area (Å²) >= 11 is 0. The van der Waals surface area contributed by atoms with Crippen molar-refractivity contribution in [3.8, 4) is 5.75 Å². The number of rotatable bonds is 2. The summed E-state index contributed by atoms with van der Waals surface area (Å²) < 4.78 is 5.14. The first-order valence-electron chi connectivity index (χ1n) is 5.26. The summed E-state index contributed by atoms with van der Waals surface area (Å²) in [5.41, 5.74) is 1.35. The molecule has 2 atom stereocenters. The van der Waals surface area contributed by atoms with E-state index in [4.69, 9.17) is 4.74 Å². The van der Waals surface area contributed by atoms with Gasteiger partial charge in [0.1, 0.15) is 5.75 Å². The minimum atomic E-state index is 0.943. The Labute approximate surface area is 84.5 Å². The number of hydrogen-bond donors (Lipinski definition) is 0. The maximum atomic E-state index is 5.14. The molecule has 1 heterocycles. The molecule has 1 aliphatic carbocycles. The van der Waals surface area contributed by atoms with Crippen LogP contribution in [0.25, 0.3) is 0 Å². The molecule has 1 aromatic rings. The van der Waals surface area contributed by atoms with E-state index in [-0.39, 0.29) is 0 Å². The van der Waals surface area contributed by atoms with E-state index < -0.39 is 0 Å². The van der Waals surface area contributed by atoms with Gasteiger partial charge in [0.05, 0.1) is 7.11 Å². The van der Waals surface area contributed by atoms with Crippen LogP contribution in [0.4, 0.5) is 5.69 Å². The van der Waals surface area contributed by atoms with Crippen LogP contribution in [0.15, 0.2) is 24.3 Å². The fourth-order valence-corrected chi connectivity index (χ4v) is 2.40. The molecule has 0 N–H and O–H groups in total. The molecule has 0 aromatic heterocycles. The van der Waals surface area contributed by atoms with E-state index in [1.807, 2.05) is 12.1 Å². The van der Waals surface area contributed by atoms with Crippen molar-refractivity contribution in [2.75, 3.05) is 25.1 Å². The van der Waals surface area contributed by atoms with Gasteiger partial charge in [-0.05, 0) is 42.5 Å². The lowest BCUT2D eigenvalue weighted by Crippen LogP contribution is -2.21. The average molecular weight is 189 g/mol. The Morgan fingerprint density at radius 2 is 1.79 bits per heavy atom. The molecule has 0 spiro atoms. The van der Waals surface area contributed by atoms with Gasteiger partial charge in [0, 0.05) is 18.8 Å². The summed E-state index contributed by atoms with van der Waals surface area (Å²) in [7, 11) is 1.71. The smallest absolute Gasteiger partial charge is 0.119 e. The van der Waals surface area contributed by atoms with Gasteiger partial charge in [-0.2, -0.15) is 0 Å². The average Bonchev–Trinajstić information content (AvgIpc) is 2.86. The summed E-state index contributed by atoms with van der Waals surface area (Å²) in [6.07, 6.45) is 1.46. The molecular formula is C12H15NO. The molecule has 1 saturated heterocycles. The summed E-state index contributed by atoms with van der Waals surface area (Å²) in [5, 5.41) is 0. The van der Waals surface area contributed by atoms with Gasteiger partial charge in [-0.1, -0.05) is 0 Å². The van der Waals surface area contributed by atoms with E-state index in [9.17, 15) is 0 Å². The van der Waals surface area contributed by atoms with E-state index >= 15 is 0 Å². The summed E-state index contributed by atoms with van der Waals surface area (Å²) in [4.78, 5) is 2.48. The molecular weight excluding hydrogens is 174 g/mol. The zero-order valence-corrected chi connectivity index (χ0v) is 8.44. The third-order valence-electron chi connectivity index (χ3n) is 3.42. The van der Waals surface area contributed by atoms with Gasteiger partial charge in [0.2, 0.25) is 0 Å². The van der Waals surface area contributed by atoms with Crippen LogP contribution >= 0.6 is 0 Å². The first kappa shape index (κ1) is 8.16. The number of anilines is 1. The van der Waals surface area contributed by atoms with E-state index in [2.05, 4.69) is 17.0 Å². The molecule has 2 fully saturated rings. The standard InChI is InChI=1S/C12H15NO/c1-14-12-4-2-11(3-5-12)13-7-9-6-10(9)8-13/h2-5,9-10H,6-8H2,1H3/t9-,10+. The third-order valence-corrected chi connectivity index (χ3v) is 3.42. The van der Waals surface area contributed by atoms with Crippen molar-refractivity contribution in [1.82, 2.24) is 0 Å². The number of nitrogens with zero attached hydrogens (tertiary/aromatic N) is 1. The molecule has 2 heteroatoms. The van der Waals surface area contributed by atoms with Gasteiger partial charge in [0.15, 0.2) is 0 Å². The molecule has 0 unspecified atom stereocenters. The van der Waals surface area contributed by atoms with Gasteiger partial charge in [-0.25, -0.2) is 0 Å². The second kappa shape index (κ2) is 2.91. The number of benzene rings is 1. The van der Waals surface area contributed by atoms with Crippen LogP contribution in [-0.4, -0.2) is 20.2 Å². The van der Waals surface area contributed by atoms with Crippen LogP contribution in [-0.2, 0) is 0 Å². The molecule has 0 amide bonds. The Balaban J connectivity index is 1.76. The number of piperidine rings is 1. The van der Waals surface area contributed by atoms with Crippen LogP contribution in [0.3, 0.4) is 0 Å². The molecule has 2 aliphatic rings. The highest BCUT2D eigenvalue weighted by Crippen LogP contribution is 2.46. The van der Waals surface area contributed by atoms with Crippen LogP contribution < -0.4 is 9.64 Å². The van der Waals surface area contributed by atoms with Crippen molar-refractivity contribution >= 4 is 5.69 Å². The first-order chi connectivity index (χ1) is 6.86. The van der Waals surface area contributed by atoms with Crippen LogP contribution in [0.1, 0.15) is 6.42 Å². The molecule has 2 nitrogen and oxygen atoms in total. The third kappa shape index (κ3) is 1.26. The molecule has 1 saturated carbocycles. The summed E-state index contributed by atoms with van der Waals surface area (Å²) in [6, 6.07) is 8.39. The molecule has 3 rings (SSSR count). The molecule has 14 heavy (non-hydrogen) atoms. The number of hydrogen-bond acceptors (Lipinski definition) is 2. The Morgan fingerprint density at radius 3 is 2.36 bits per heavy atom. The van der Waals surface area contributed by atoms with Crippen molar-refractivity contribution in [2.45, 2.75) is 6.42 Å². The molecule has 1 aromatic carbocycles. The fourth-order valence-electron chi connectivity index (χ4n) is 2.40. The van der Waals surface area contributed by atoms with Crippen molar-refractivity contribution in [3.05, 3.63) is 24.3 Å². The molecule has 0 bridgehead atoms. The monoisotopic (exact) mass is 189 g/mol. The van der Waals surface area contributed by atoms with Gasteiger partial charge in [0.25, 0.3) is 0 Å². The maximum absolute atomic E-state index is 5.14. The van der Waals surface area contributed by atoms with Crippen LogP contribution in [0.5, 0.6) is 5.75 Å². The first-order valence-corrected chi connectivity index (χ1v) is 5.26. The predicted molar refractivity (Wildman–Crippen MR) is 56.8 cm³/mol. The Hall–Kier alpha value is -1.18. The van der Waals surface area contributed by atoms with Gasteiger partial charge < -0.3 is 9.64 Å². The quantitative estimate of drug-likeness (QED) is 0.706. The Kier molecular flexibility index (Phi) is 1.69. The van der Waals surface area contributed by atoms with Crippen molar-refractivity contribution < 1.29 is 4.74 Å². The molecule has 1 aliphatic heterocycles. The second-order valence-electron chi connectivity index (χ2n) is 4.36. The topological polar surface area (TPSA) is 12.5 Å². The predicted octanol–water partition coefficient (Wildman–Crippen LogP) is 2.15. The van der Waals surface area contributed by atoms with E-state index in [0.29, 0.717) is 0 Å². The van der Waals surface area contributed by atoms with Crippen LogP contribution in [0.2, 0.25) is 0 Å². The fraction of sp³-hybridized carbons (Fsp3) is 0.500. The van der Waals surface area contributed by atoms with E-state index in [1.54, 1.807) is 7.11 Å². The molecule has 0 radical (unpaired) electrons. The zero-order chi connectivity index (χ0) is 9.54. The zero-order valence-electron chi connectivity index (χ0n) is 8.44.